The highest BCUT2D eigenvalue weighted by Gasteiger charge is 2.65. The van der Waals surface area contributed by atoms with E-state index in [-0.39, 0.29) is 25.6 Å². The molecule has 1 spiro atoms. The minimum absolute atomic E-state index is 0.0315. The monoisotopic (exact) mass is 340 g/mol. The van der Waals surface area contributed by atoms with Gasteiger partial charge in [0.15, 0.2) is 16.1 Å². The molecule has 0 bridgehead atoms. The Labute approximate surface area is 138 Å². The Morgan fingerprint density at radius 3 is 2.83 bits per heavy atom. The number of carbonyl (C=O) groups excluding carboxylic acids is 2. The van der Waals surface area contributed by atoms with Crippen LogP contribution in [0, 0.1) is 5.41 Å². The molecule has 3 heterocycles. The Bertz CT molecular complexity index is 646. The van der Waals surface area contributed by atoms with Gasteiger partial charge in [0.1, 0.15) is 6.10 Å². The van der Waals surface area contributed by atoms with Crippen molar-refractivity contribution in [2.24, 2.45) is 5.41 Å². The van der Waals surface area contributed by atoms with E-state index in [1.807, 2.05) is 13.8 Å². The first-order valence-electron chi connectivity index (χ1n) is 7.53. The van der Waals surface area contributed by atoms with Gasteiger partial charge in [-0.1, -0.05) is 0 Å². The van der Waals surface area contributed by atoms with Crippen LogP contribution in [0.15, 0.2) is 5.38 Å². The number of aromatic nitrogens is 1. The average molecular weight is 340 g/mol. The first-order valence-corrected chi connectivity index (χ1v) is 8.41. The molecule has 2 fully saturated rings. The maximum atomic E-state index is 12.5. The van der Waals surface area contributed by atoms with Gasteiger partial charge in [-0.3, -0.25) is 9.59 Å². The van der Waals surface area contributed by atoms with Crippen LogP contribution in [0.25, 0.3) is 0 Å². The van der Waals surface area contributed by atoms with E-state index >= 15 is 0 Å². The number of esters is 2. The molecule has 3 rings (SSSR count). The Morgan fingerprint density at radius 2 is 2.22 bits per heavy atom. The molecule has 0 aromatic carbocycles. The molecule has 2 aliphatic rings. The van der Waals surface area contributed by atoms with E-state index in [1.54, 1.807) is 12.3 Å². The number of nitrogen functional groups attached to an aromatic ring is 1. The maximum Gasteiger partial charge on any atom is 0.324 e. The lowest BCUT2D eigenvalue weighted by Gasteiger charge is -2.20. The summed E-state index contributed by atoms with van der Waals surface area (Å²) in [4.78, 5) is 29.0. The smallest absolute Gasteiger partial charge is 0.324 e. The number of hydrogen-bond acceptors (Lipinski definition) is 8. The van der Waals surface area contributed by atoms with Crippen molar-refractivity contribution >= 4 is 28.4 Å². The molecule has 1 aromatic heterocycles. The third-order valence-corrected chi connectivity index (χ3v) is 4.94. The van der Waals surface area contributed by atoms with Crippen molar-refractivity contribution in [3.63, 3.8) is 0 Å². The van der Waals surface area contributed by atoms with Gasteiger partial charge in [0.05, 0.1) is 18.4 Å². The zero-order chi connectivity index (χ0) is 16.8. The number of nitrogens with zero attached hydrogens (tertiary/aromatic N) is 1. The van der Waals surface area contributed by atoms with Crippen molar-refractivity contribution in [3.05, 3.63) is 11.1 Å². The molecule has 7 nitrogen and oxygen atoms in total. The van der Waals surface area contributed by atoms with Gasteiger partial charge in [-0.2, -0.15) is 0 Å². The Balaban J connectivity index is 1.80. The Hall–Kier alpha value is -1.67. The van der Waals surface area contributed by atoms with Crippen LogP contribution in [0.5, 0.6) is 0 Å². The minimum atomic E-state index is -1.27. The lowest BCUT2D eigenvalue weighted by molar-refractivity contribution is -0.160. The maximum absolute atomic E-state index is 12.5. The van der Waals surface area contributed by atoms with Crippen LogP contribution < -0.4 is 5.73 Å². The Kier molecular flexibility index (Phi) is 3.84. The molecule has 0 amide bonds. The van der Waals surface area contributed by atoms with E-state index < -0.39 is 29.1 Å². The standard InChI is InChI=1S/C15H20N2O5S/c1-8(2)20-5-9-4-15(11(18)21-9)7-14(3,22-12(15)19)10-6-23-13(16)17-10/h6,8-9H,4-5,7H2,1-3H3,(H2,16,17)/t9-,14+,15-/m0/s1. The highest BCUT2D eigenvalue weighted by Crippen LogP contribution is 2.52. The number of thiazole rings is 1. The van der Waals surface area contributed by atoms with Crippen LogP contribution in [-0.2, 0) is 29.4 Å². The Morgan fingerprint density at radius 1 is 1.48 bits per heavy atom. The van der Waals surface area contributed by atoms with Crippen LogP contribution in [0.4, 0.5) is 5.13 Å². The fourth-order valence-electron chi connectivity index (χ4n) is 3.14. The second kappa shape index (κ2) is 5.45. The number of ether oxygens (including phenoxy) is 3. The largest absolute Gasteiger partial charge is 0.459 e. The van der Waals surface area contributed by atoms with Gasteiger partial charge >= 0.3 is 11.9 Å². The highest BCUT2D eigenvalue weighted by atomic mass is 32.1. The van der Waals surface area contributed by atoms with E-state index in [4.69, 9.17) is 19.9 Å². The van der Waals surface area contributed by atoms with Crippen LogP contribution in [0.2, 0.25) is 0 Å². The molecule has 0 radical (unpaired) electrons. The van der Waals surface area contributed by atoms with Crippen LogP contribution in [-0.4, -0.2) is 35.7 Å². The van der Waals surface area contributed by atoms with E-state index in [9.17, 15) is 9.59 Å². The number of cyclic esters (lactones) is 2. The fourth-order valence-corrected chi connectivity index (χ4v) is 3.83. The van der Waals surface area contributed by atoms with E-state index in [2.05, 4.69) is 4.98 Å². The minimum Gasteiger partial charge on any atom is -0.459 e. The first-order chi connectivity index (χ1) is 10.7. The van der Waals surface area contributed by atoms with Crippen molar-refractivity contribution < 1.29 is 23.8 Å². The third kappa shape index (κ3) is 2.70. The summed E-state index contributed by atoms with van der Waals surface area (Å²) in [5, 5.41) is 2.15. The van der Waals surface area contributed by atoms with Crippen LogP contribution >= 0.6 is 11.3 Å². The highest BCUT2D eigenvalue weighted by molar-refractivity contribution is 7.13. The normalized spacial score (nSPS) is 33.5. The van der Waals surface area contributed by atoms with E-state index in [1.165, 1.54) is 11.3 Å². The molecule has 2 N–H and O–H groups in total. The van der Waals surface area contributed by atoms with Gasteiger partial charge in [-0.15, -0.1) is 11.3 Å². The molecular weight excluding hydrogens is 320 g/mol. The lowest BCUT2D eigenvalue weighted by atomic mass is 9.78. The summed E-state index contributed by atoms with van der Waals surface area (Å²) in [6.45, 7) is 5.83. The molecule has 2 saturated heterocycles. The van der Waals surface area contributed by atoms with Crippen LogP contribution in [0.1, 0.15) is 39.3 Å². The summed E-state index contributed by atoms with van der Waals surface area (Å²) >= 11 is 1.27. The van der Waals surface area contributed by atoms with Crippen molar-refractivity contribution in [2.45, 2.75) is 51.4 Å². The molecule has 8 heteroatoms. The summed E-state index contributed by atoms with van der Waals surface area (Å²) in [7, 11) is 0. The molecule has 0 unspecified atom stereocenters. The lowest BCUT2D eigenvalue weighted by Crippen LogP contribution is -2.32. The van der Waals surface area contributed by atoms with Gasteiger partial charge in [0.25, 0.3) is 0 Å². The molecule has 2 aliphatic heterocycles. The van der Waals surface area contributed by atoms with Crippen molar-refractivity contribution in [3.8, 4) is 0 Å². The van der Waals surface area contributed by atoms with Gasteiger partial charge in [-0.05, 0) is 20.8 Å². The van der Waals surface area contributed by atoms with Crippen molar-refractivity contribution in [1.29, 1.82) is 0 Å². The van der Waals surface area contributed by atoms with Crippen molar-refractivity contribution in [1.82, 2.24) is 4.98 Å². The molecule has 0 aliphatic carbocycles. The first kappa shape index (κ1) is 16.2. The van der Waals surface area contributed by atoms with Crippen molar-refractivity contribution in [2.75, 3.05) is 12.3 Å². The van der Waals surface area contributed by atoms with Gasteiger partial charge in [0.2, 0.25) is 0 Å². The summed E-state index contributed by atoms with van der Waals surface area (Å²) in [5.41, 5.74) is 4.00. The predicted octanol–water partition coefficient (Wildman–Crippen LogP) is 1.61. The summed E-state index contributed by atoms with van der Waals surface area (Å²) in [6.07, 6.45) is 0.0790. The zero-order valence-corrected chi connectivity index (χ0v) is 14.1. The summed E-state index contributed by atoms with van der Waals surface area (Å²) in [6, 6.07) is 0. The van der Waals surface area contributed by atoms with Gasteiger partial charge < -0.3 is 19.9 Å². The molecule has 3 atom stereocenters. The van der Waals surface area contributed by atoms with Gasteiger partial charge in [0, 0.05) is 18.2 Å². The topological polar surface area (TPSA) is 101 Å². The second-order valence-electron chi connectivity index (χ2n) is 6.56. The third-order valence-electron chi connectivity index (χ3n) is 4.27. The molecule has 0 saturated carbocycles. The number of nitrogens with two attached hydrogens (primary N) is 1. The van der Waals surface area contributed by atoms with Gasteiger partial charge in [-0.25, -0.2) is 4.98 Å². The van der Waals surface area contributed by atoms with Crippen LogP contribution in [0.3, 0.4) is 0 Å². The van der Waals surface area contributed by atoms with E-state index in [0.717, 1.165) is 0 Å². The summed E-state index contributed by atoms with van der Waals surface area (Å²) < 4.78 is 16.4. The molecule has 1 aromatic rings. The number of anilines is 1. The second-order valence-corrected chi connectivity index (χ2v) is 7.45. The molecule has 126 valence electrons. The van der Waals surface area contributed by atoms with E-state index in [0.29, 0.717) is 10.8 Å². The quantitative estimate of drug-likeness (QED) is 0.656. The number of carbonyl (C=O) groups is 2. The fraction of sp³-hybridized carbons (Fsp3) is 0.667. The molecular formula is C15H20N2O5S. The SMILES string of the molecule is CC(C)OC[C@@H]1C[C@]2(C[C@](C)(c3csc(N)n3)OC2=O)C(=O)O1. The molecule has 23 heavy (non-hydrogen) atoms. The predicted molar refractivity (Wildman–Crippen MR) is 82.6 cm³/mol. The zero-order valence-electron chi connectivity index (χ0n) is 13.3. The number of hydrogen-bond donors (Lipinski definition) is 1. The summed E-state index contributed by atoms with van der Waals surface area (Å²) in [5.74, 6) is -1.09. The average Bonchev–Trinajstić information content (AvgIpc) is 3.09. The number of rotatable bonds is 4.